The number of rotatable bonds is 6. The summed E-state index contributed by atoms with van der Waals surface area (Å²) in [5.41, 5.74) is 1.64. The van der Waals surface area contributed by atoms with Crippen LogP contribution in [0.25, 0.3) is 0 Å². The van der Waals surface area contributed by atoms with Crippen molar-refractivity contribution in [2.45, 2.75) is 17.4 Å². The van der Waals surface area contributed by atoms with E-state index in [2.05, 4.69) is 4.72 Å². The van der Waals surface area contributed by atoms with Crippen molar-refractivity contribution in [3.8, 4) is 11.5 Å². The molecule has 2 aromatic carbocycles. The zero-order valence-electron chi connectivity index (χ0n) is 13.5. The summed E-state index contributed by atoms with van der Waals surface area (Å²) in [7, 11) is -2.51. The number of hydrogen-bond acceptors (Lipinski definition) is 5. The van der Waals surface area contributed by atoms with E-state index in [-0.39, 0.29) is 22.2 Å². The Morgan fingerprint density at radius 3 is 2.88 bits per heavy atom. The number of aliphatic hydroxyl groups excluding tert-OH is 1. The van der Waals surface area contributed by atoms with E-state index in [0.29, 0.717) is 12.2 Å². The van der Waals surface area contributed by atoms with E-state index in [9.17, 15) is 13.5 Å². The molecule has 0 saturated carbocycles. The molecule has 2 aromatic rings. The first-order valence-electron chi connectivity index (χ1n) is 7.67. The lowest BCUT2D eigenvalue weighted by atomic mass is 10.0. The van der Waals surface area contributed by atoms with E-state index in [1.807, 2.05) is 6.07 Å². The quantitative estimate of drug-likeness (QED) is 0.799. The maximum Gasteiger partial charge on any atom is 0.244 e. The molecular formula is C17H18ClNO5S. The summed E-state index contributed by atoms with van der Waals surface area (Å²) in [6, 6.07) is 9.68. The molecule has 6 nitrogen and oxygen atoms in total. The topological polar surface area (TPSA) is 84.9 Å². The predicted molar refractivity (Wildman–Crippen MR) is 93.8 cm³/mol. The number of sulfonamides is 1. The molecule has 0 amide bonds. The second-order valence-corrected chi connectivity index (χ2v) is 7.80. The van der Waals surface area contributed by atoms with Crippen LogP contribution in [0.2, 0.25) is 5.02 Å². The Kier molecular flexibility index (Phi) is 5.19. The van der Waals surface area contributed by atoms with Crippen LogP contribution in [-0.2, 0) is 16.4 Å². The van der Waals surface area contributed by atoms with Crippen molar-refractivity contribution >= 4 is 21.6 Å². The number of fused-ring (bicyclic) bond motifs is 1. The van der Waals surface area contributed by atoms with Crippen molar-refractivity contribution in [3.05, 3.63) is 52.5 Å². The van der Waals surface area contributed by atoms with Gasteiger partial charge in [0.05, 0.1) is 19.8 Å². The van der Waals surface area contributed by atoms with E-state index in [1.165, 1.54) is 19.2 Å². The number of benzene rings is 2. The van der Waals surface area contributed by atoms with Gasteiger partial charge >= 0.3 is 0 Å². The molecule has 0 bridgehead atoms. The fraction of sp³-hybridized carbons (Fsp3) is 0.294. The first-order valence-corrected chi connectivity index (χ1v) is 9.54. The molecular weight excluding hydrogens is 366 g/mol. The van der Waals surface area contributed by atoms with Gasteiger partial charge in [-0.05, 0) is 41.5 Å². The second-order valence-electron chi connectivity index (χ2n) is 5.63. The highest BCUT2D eigenvalue weighted by atomic mass is 35.5. The molecule has 1 aliphatic rings. The largest absolute Gasteiger partial charge is 0.495 e. The Morgan fingerprint density at radius 1 is 1.32 bits per heavy atom. The van der Waals surface area contributed by atoms with E-state index >= 15 is 0 Å². The van der Waals surface area contributed by atoms with Gasteiger partial charge in [-0.25, -0.2) is 13.1 Å². The maximum absolute atomic E-state index is 12.5. The highest BCUT2D eigenvalue weighted by Crippen LogP contribution is 2.29. The molecule has 1 aliphatic heterocycles. The summed E-state index contributed by atoms with van der Waals surface area (Å²) in [6.45, 7) is 0.452. The van der Waals surface area contributed by atoms with E-state index in [0.717, 1.165) is 17.7 Å². The number of ether oxygens (including phenoxy) is 2. The summed E-state index contributed by atoms with van der Waals surface area (Å²) in [5.74, 6) is 0.987. The summed E-state index contributed by atoms with van der Waals surface area (Å²) in [4.78, 5) is -0.0722. The standard InChI is InChI=1S/C17H18ClNO5S/c1-23-16-5-3-13(18)9-17(16)25(21,22)19-10-14(20)11-2-4-15-12(8-11)6-7-24-15/h2-5,8-9,14,19-20H,6-7,10H2,1H3. The predicted octanol–water partition coefficient (Wildman–Crippen LogP) is 2.30. The lowest BCUT2D eigenvalue weighted by Crippen LogP contribution is -2.29. The van der Waals surface area contributed by atoms with Gasteiger partial charge in [0.15, 0.2) is 0 Å². The molecule has 0 radical (unpaired) electrons. The molecule has 1 heterocycles. The molecule has 3 rings (SSSR count). The lowest BCUT2D eigenvalue weighted by Gasteiger charge is -2.15. The van der Waals surface area contributed by atoms with Gasteiger partial charge in [-0.1, -0.05) is 17.7 Å². The van der Waals surface area contributed by atoms with Crippen LogP contribution < -0.4 is 14.2 Å². The average Bonchev–Trinajstić information content (AvgIpc) is 3.07. The molecule has 0 fully saturated rings. The number of aliphatic hydroxyl groups is 1. The molecule has 0 saturated heterocycles. The zero-order valence-corrected chi connectivity index (χ0v) is 15.1. The van der Waals surface area contributed by atoms with E-state index < -0.39 is 16.1 Å². The third-order valence-electron chi connectivity index (χ3n) is 3.98. The van der Waals surface area contributed by atoms with Crippen molar-refractivity contribution in [1.29, 1.82) is 0 Å². The van der Waals surface area contributed by atoms with Gasteiger partial charge in [0, 0.05) is 18.0 Å². The van der Waals surface area contributed by atoms with Gasteiger partial charge in [0.1, 0.15) is 16.4 Å². The zero-order chi connectivity index (χ0) is 18.0. The van der Waals surface area contributed by atoms with E-state index in [4.69, 9.17) is 21.1 Å². The normalized spacial score (nSPS) is 14.7. The Morgan fingerprint density at radius 2 is 2.12 bits per heavy atom. The molecule has 1 unspecified atom stereocenters. The first kappa shape index (κ1) is 18.0. The van der Waals surface area contributed by atoms with Crippen molar-refractivity contribution in [1.82, 2.24) is 4.72 Å². The minimum Gasteiger partial charge on any atom is -0.495 e. The molecule has 134 valence electrons. The Bertz CT molecular complexity index is 885. The molecule has 0 aliphatic carbocycles. The van der Waals surface area contributed by atoms with Crippen molar-refractivity contribution in [2.24, 2.45) is 0 Å². The fourth-order valence-corrected chi connectivity index (χ4v) is 4.13. The summed E-state index contributed by atoms with van der Waals surface area (Å²) < 4.78 is 37.9. The molecule has 0 spiro atoms. The molecule has 2 N–H and O–H groups in total. The van der Waals surface area contributed by atoms with Gasteiger partial charge in [0.25, 0.3) is 0 Å². The van der Waals surface area contributed by atoms with Crippen molar-refractivity contribution < 1.29 is 23.0 Å². The second kappa shape index (κ2) is 7.21. The van der Waals surface area contributed by atoms with Gasteiger partial charge < -0.3 is 14.6 Å². The Labute approximate surface area is 151 Å². The molecule has 25 heavy (non-hydrogen) atoms. The SMILES string of the molecule is COc1ccc(Cl)cc1S(=O)(=O)NCC(O)c1ccc2c(c1)CCO2. The number of hydrogen-bond donors (Lipinski definition) is 2. The Hall–Kier alpha value is -1.80. The minimum absolute atomic E-state index is 0.0722. The highest BCUT2D eigenvalue weighted by molar-refractivity contribution is 7.89. The third kappa shape index (κ3) is 3.90. The number of nitrogens with one attached hydrogen (secondary N) is 1. The fourth-order valence-electron chi connectivity index (χ4n) is 2.66. The average molecular weight is 384 g/mol. The summed E-state index contributed by atoms with van der Waals surface area (Å²) in [5, 5.41) is 10.6. The van der Waals surface area contributed by atoms with Crippen LogP contribution >= 0.6 is 11.6 Å². The number of methoxy groups -OCH3 is 1. The minimum atomic E-state index is -3.88. The third-order valence-corrected chi connectivity index (χ3v) is 5.66. The van der Waals surface area contributed by atoms with Crippen molar-refractivity contribution in [3.63, 3.8) is 0 Å². The monoisotopic (exact) mass is 383 g/mol. The number of halogens is 1. The van der Waals surface area contributed by atoms with Crippen molar-refractivity contribution in [2.75, 3.05) is 20.3 Å². The van der Waals surface area contributed by atoms with Crippen LogP contribution in [0, 0.1) is 0 Å². The van der Waals surface area contributed by atoms with Crippen LogP contribution in [0.5, 0.6) is 11.5 Å². The van der Waals surface area contributed by atoms with Gasteiger partial charge in [-0.15, -0.1) is 0 Å². The van der Waals surface area contributed by atoms with Gasteiger partial charge in [-0.3, -0.25) is 0 Å². The summed E-state index contributed by atoms with van der Waals surface area (Å²) in [6.07, 6.45) is -0.202. The van der Waals surface area contributed by atoms with Gasteiger partial charge in [-0.2, -0.15) is 0 Å². The molecule has 1 atom stereocenters. The van der Waals surface area contributed by atoms with Crippen LogP contribution in [0.4, 0.5) is 0 Å². The van der Waals surface area contributed by atoms with Gasteiger partial charge in [0.2, 0.25) is 10.0 Å². The first-order chi connectivity index (χ1) is 11.9. The maximum atomic E-state index is 12.5. The highest BCUT2D eigenvalue weighted by Gasteiger charge is 2.22. The van der Waals surface area contributed by atoms with Crippen LogP contribution in [0.1, 0.15) is 17.2 Å². The summed E-state index contributed by atoms with van der Waals surface area (Å²) >= 11 is 5.88. The molecule has 8 heteroatoms. The lowest BCUT2D eigenvalue weighted by molar-refractivity contribution is 0.182. The van der Waals surface area contributed by atoms with Crippen LogP contribution in [0.15, 0.2) is 41.3 Å². The molecule has 0 aromatic heterocycles. The van der Waals surface area contributed by atoms with Crippen LogP contribution in [0.3, 0.4) is 0 Å². The van der Waals surface area contributed by atoms with E-state index in [1.54, 1.807) is 18.2 Å². The van der Waals surface area contributed by atoms with Crippen LogP contribution in [-0.4, -0.2) is 33.8 Å². The smallest absolute Gasteiger partial charge is 0.244 e. The Balaban J connectivity index is 1.75.